The molecule has 4 aromatic rings. The SMILES string of the molecule is COc1cc(/C=C\C(c2ccc(C)cc2)S(=O)(=O)C(/C=C\c2ccc(O)c(OC)c2)c2ccc(C)cc2)ccc1O. The average Bonchev–Trinajstić information content (AvgIpc) is 2.96. The smallest absolute Gasteiger partial charge is 0.171 e. The van der Waals surface area contributed by atoms with Crippen molar-refractivity contribution in [2.45, 2.75) is 24.3 Å². The van der Waals surface area contributed by atoms with Gasteiger partial charge in [0, 0.05) is 0 Å². The van der Waals surface area contributed by atoms with Crippen molar-refractivity contribution < 1.29 is 28.1 Å². The Morgan fingerprint density at radius 2 is 0.976 bits per heavy atom. The molecule has 4 aromatic carbocycles. The van der Waals surface area contributed by atoms with Crippen LogP contribution in [0.5, 0.6) is 23.0 Å². The van der Waals surface area contributed by atoms with E-state index in [2.05, 4.69) is 0 Å². The van der Waals surface area contributed by atoms with Crippen LogP contribution in [0.1, 0.15) is 43.9 Å². The molecule has 2 atom stereocenters. The quantitative estimate of drug-likeness (QED) is 0.207. The number of rotatable bonds is 10. The van der Waals surface area contributed by atoms with Crippen molar-refractivity contribution in [2.75, 3.05) is 14.2 Å². The summed E-state index contributed by atoms with van der Waals surface area (Å²) < 4.78 is 39.6. The molecule has 0 saturated carbocycles. The summed E-state index contributed by atoms with van der Waals surface area (Å²) in [5, 5.41) is 18.0. The zero-order chi connectivity index (χ0) is 29.6. The molecule has 0 spiro atoms. The number of aryl methyl sites for hydroxylation is 2. The molecule has 212 valence electrons. The summed E-state index contributed by atoms with van der Waals surface area (Å²) in [5.41, 5.74) is 4.68. The summed E-state index contributed by atoms with van der Waals surface area (Å²) in [4.78, 5) is 0. The van der Waals surface area contributed by atoms with Crippen molar-refractivity contribution in [3.05, 3.63) is 130 Å². The van der Waals surface area contributed by atoms with Crippen LogP contribution >= 0.6 is 0 Å². The summed E-state index contributed by atoms with van der Waals surface area (Å²) in [6, 6.07) is 24.6. The number of sulfone groups is 1. The van der Waals surface area contributed by atoms with E-state index in [0.717, 1.165) is 11.1 Å². The molecule has 0 aliphatic rings. The molecule has 7 heteroatoms. The lowest BCUT2D eigenvalue weighted by atomic mass is 10.1. The van der Waals surface area contributed by atoms with Gasteiger partial charge >= 0.3 is 0 Å². The Kier molecular flexibility index (Phi) is 9.20. The van der Waals surface area contributed by atoms with Gasteiger partial charge in [0.1, 0.15) is 10.5 Å². The molecule has 0 aromatic heterocycles. The van der Waals surface area contributed by atoms with Crippen LogP contribution in [0.15, 0.2) is 97.1 Å². The van der Waals surface area contributed by atoms with E-state index in [-0.39, 0.29) is 11.5 Å². The Morgan fingerprint density at radius 1 is 0.610 bits per heavy atom. The summed E-state index contributed by atoms with van der Waals surface area (Å²) in [5.74, 6) is 0.601. The molecule has 0 amide bonds. The molecule has 41 heavy (non-hydrogen) atoms. The van der Waals surface area contributed by atoms with Crippen LogP contribution in [0, 0.1) is 13.8 Å². The molecule has 0 fully saturated rings. The first-order valence-electron chi connectivity index (χ1n) is 13.1. The van der Waals surface area contributed by atoms with E-state index in [1.165, 1.54) is 26.4 Å². The van der Waals surface area contributed by atoms with Gasteiger partial charge in [0.15, 0.2) is 32.8 Å². The summed E-state index contributed by atoms with van der Waals surface area (Å²) in [6.45, 7) is 3.91. The zero-order valence-corrected chi connectivity index (χ0v) is 24.3. The Morgan fingerprint density at radius 3 is 1.32 bits per heavy atom. The molecule has 4 rings (SSSR count). The maximum atomic E-state index is 14.6. The number of aromatic hydroxyl groups is 2. The van der Waals surface area contributed by atoms with Crippen LogP contribution in [0.25, 0.3) is 12.2 Å². The highest BCUT2D eigenvalue weighted by atomic mass is 32.2. The summed E-state index contributed by atoms with van der Waals surface area (Å²) in [7, 11) is -0.993. The second-order valence-corrected chi connectivity index (χ2v) is 12.0. The normalized spacial score (nSPS) is 13.4. The van der Waals surface area contributed by atoms with Crippen LogP contribution < -0.4 is 9.47 Å². The highest BCUT2D eigenvalue weighted by molar-refractivity contribution is 7.92. The van der Waals surface area contributed by atoms with E-state index in [1.807, 2.05) is 62.4 Å². The third-order valence-electron chi connectivity index (χ3n) is 6.85. The second kappa shape index (κ2) is 12.8. The van der Waals surface area contributed by atoms with E-state index in [9.17, 15) is 18.6 Å². The van der Waals surface area contributed by atoms with Crippen molar-refractivity contribution in [1.29, 1.82) is 0 Å². The van der Waals surface area contributed by atoms with E-state index < -0.39 is 20.3 Å². The van der Waals surface area contributed by atoms with Crippen molar-refractivity contribution in [2.24, 2.45) is 0 Å². The third-order valence-corrected chi connectivity index (χ3v) is 9.13. The van der Waals surface area contributed by atoms with Gasteiger partial charge in [-0.1, -0.05) is 96.1 Å². The molecule has 0 bridgehead atoms. The van der Waals surface area contributed by atoms with Gasteiger partial charge in [0.25, 0.3) is 0 Å². The molecule has 2 N–H and O–H groups in total. The summed E-state index contributed by atoms with van der Waals surface area (Å²) >= 11 is 0. The molecular weight excluding hydrogens is 536 g/mol. The fourth-order valence-corrected chi connectivity index (χ4v) is 6.47. The summed E-state index contributed by atoms with van der Waals surface area (Å²) in [6.07, 6.45) is 6.80. The van der Waals surface area contributed by atoms with Gasteiger partial charge in [-0.2, -0.15) is 0 Å². The number of phenols is 2. The second-order valence-electron chi connectivity index (χ2n) is 9.83. The van der Waals surface area contributed by atoms with Gasteiger partial charge in [-0.3, -0.25) is 0 Å². The van der Waals surface area contributed by atoms with Gasteiger partial charge in [0.05, 0.1) is 14.2 Å². The van der Waals surface area contributed by atoms with Gasteiger partial charge in [-0.05, 0) is 60.4 Å². The first-order valence-corrected chi connectivity index (χ1v) is 14.7. The number of hydrogen-bond acceptors (Lipinski definition) is 6. The van der Waals surface area contributed by atoms with Gasteiger partial charge in [-0.25, -0.2) is 8.42 Å². The van der Waals surface area contributed by atoms with E-state index in [4.69, 9.17) is 9.47 Å². The molecule has 2 unspecified atom stereocenters. The van der Waals surface area contributed by atoms with E-state index in [0.29, 0.717) is 33.8 Å². The minimum Gasteiger partial charge on any atom is -0.504 e. The van der Waals surface area contributed by atoms with Gasteiger partial charge < -0.3 is 19.7 Å². The lowest BCUT2D eigenvalue weighted by molar-refractivity contribution is 0.373. The zero-order valence-electron chi connectivity index (χ0n) is 23.5. The van der Waals surface area contributed by atoms with Crippen LogP contribution in [0.4, 0.5) is 0 Å². The Hall–Kier alpha value is -4.49. The van der Waals surface area contributed by atoms with Crippen LogP contribution in [-0.2, 0) is 9.84 Å². The van der Waals surface area contributed by atoms with Crippen molar-refractivity contribution in [3.8, 4) is 23.0 Å². The largest absolute Gasteiger partial charge is 0.504 e. The lowest BCUT2D eigenvalue weighted by Gasteiger charge is -2.22. The molecular formula is C34H34O6S. The predicted octanol–water partition coefficient (Wildman–Crippen LogP) is 7.36. The van der Waals surface area contributed by atoms with Gasteiger partial charge in [-0.15, -0.1) is 0 Å². The molecule has 0 aliphatic carbocycles. The number of methoxy groups -OCH3 is 2. The molecule has 0 aliphatic heterocycles. The van der Waals surface area contributed by atoms with Crippen molar-refractivity contribution in [1.82, 2.24) is 0 Å². The molecule has 0 radical (unpaired) electrons. The first kappa shape index (κ1) is 29.5. The minimum atomic E-state index is -3.92. The maximum absolute atomic E-state index is 14.6. The fourth-order valence-electron chi connectivity index (χ4n) is 4.48. The number of hydrogen-bond donors (Lipinski definition) is 2. The standard InChI is InChI=1S/C34H34O6S/c1-23-5-13-27(14-6-23)33(19-11-25-9-17-29(35)31(21-25)39-3)41(37,38)34(28-15-7-24(2)8-16-28)20-12-26-10-18-30(36)32(22-26)40-4/h5-22,33-36H,1-4H3/b19-11-,20-12-. The average molecular weight is 571 g/mol. The number of ether oxygens (including phenoxy) is 2. The van der Waals surface area contributed by atoms with Crippen molar-refractivity contribution >= 4 is 22.0 Å². The molecule has 0 saturated heterocycles. The highest BCUT2D eigenvalue weighted by Gasteiger charge is 2.33. The monoisotopic (exact) mass is 570 g/mol. The number of benzene rings is 4. The van der Waals surface area contributed by atoms with Crippen LogP contribution in [0.3, 0.4) is 0 Å². The van der Waals surface area contributed by atoms with E-state index in [1.54, 1.807) is 48.6 Å². The maximum Gasteiger partial charge on any atom is 0.171 e. The minimum absolute atomic E-state index is 0.00258. The molecule has 6 nitrogen and oxygen atoms in total. The Labute approximate surface area is 241 Å². The lowest BCUT2D eigenvalue weighted by Crippen LogP contribution is -2.19. The highest BCUT2D eigenvalue weighted by Crippen LogP contribution is 2.38. The van der Waals surface area contributed by atoms with Crippen LogP contribution in [0.2, 0.25) is 0 Å². The van der Waals surface area contributed by atoms with Gasteiger partial charge in [0.2, 0.25) is 0 Å². The Balaban J connectivity index is 1.83. The first-order chi connectivity index (χ1) is 19.6. The Bertz CT molecular complexity index is 1530. The van der Waals surface area contributed by atoms with Crippen molar-refractivity contribution in [3.63, 3.8) is 0 Å². The van der Waals surface area contributed by atoms with Crippen LogP contribution in [-0.4, -0.2) is 32.9 Å². The molecule has 0 heterocycles. The number of phenolic OH excluding ortho intramolecular Hbond substituents is 2. The topological polar surface area (TPSA) is 93.1 Å². The van der Waals surface area contributed by atoms with E-state index >= 15 is 0 Å². The third kappa shape index (κ3) is 6.99. The fraction of sp³-hybridized carbons (Fsp3) is 0.176. The predicted molar refractivity (Wildman–Crippen MR) is 164 cm³/mol.